The lowest BCUT2D eigenvalue weighted by molar-refractivity contribution is -0.128. The van der Waals surface area contributed by atoms with Crippen molar-refractivity contribution in [2.24, 2.45) is 5.92 Å². The van der Waals surface area contributed by atoms with Gasteiger partial charge in [0.05, 0.1) is 6.10 Å². The number of hydrogen-bond acceptors (Lipinski definition) is 4. The lowest BCUT2D eigenvalue weighted by Gasteiger charge is -2.24. The van der Waals surface area contributed by atoms with Crippen molar-refractivity contribution in [3.05, 3.63) is 0 Å². The molecule has 0 unspecified atom stereocenters. The van der Waals surface area contributed by atoms with Gasteiger partial charge in [-0.15, -0.1) is 0 Å². The zero-order valence-electron chi connectivity index (χ0n) is 11.6. The molecule has 0 aromatic rings. The summed E-state index contributed by atoms with van der Waals surface area (Å²) in [5.41, 5.74) is -0.613. The van der Waals surface area contributed by atoms with Crippen LogP contribution in [0.1, 0.15) is 27.7 Å². The van der Waals surface area contributed by atoms with Crippen molar-refractivity contribution in [3.63, 3.8) is 0 Å². The number of rotatable bonds is 2. The SMILES string of the molecule is C[C@@H](O)[C@H]1CN(C)C(=O)[C@@H]1NC(=O)OC(C)(C)C. The third-order valence-electron chi connectivity index (χ3n) is 2.85. The topological polar surface area (TPSA) is 78.9 Å². The van der Waals surface area contributed by atoms with Crippen LogP contribution >= 0.6 is 0 Å². The van der Waals surface area contributed by atoms with E-state index in [0.717, 1.165) is 0 Å². The molecule has 6 nitrogen and oxygen atoms in total. The Bertz CT molecular complexity index is 335. The van der Waals surface area contributed by atoms with Crippen LogP contribution in [0.3, 0.4) is 0 Å². The zero-order valence-corrected chi connectivity index (χ0v) is 11.6. The standard InChI is InChI=1S/C12H22N2O4/c1-7(15)8-6-14(5)10(16)9(8)13-11(17)18-12(2,3)4/h7-9,15H,6H2,1-5H3,(H,13,17)/t7-,8-,9-/m1/s1. The van der Waals surface area contributed by atoms with E-state index in [-0.39, 0.29) is 11.8 Å². The molecule has 0 aromatic carbocycles. The monoisotopic (exact) mass is 258 g/mol. The van der Waals surface area contributed by atoms with E-state index in [4.69, 9.17) is 4.74 Å². The van der Waals surface area contributed by atoms with E-state index in [2.05, 4.69) is 5.32 Å². The molecule has 2 amide bonds. The predicted octanol–water partition coefficient (Wildman–Crippen LogP) is 0.349. The van der Waals surface area contributed by atoms with Crippen molar-refractivity contribution >= 4 is 12.0 Å². The van der Waals surface area contributed by atoms with Crippen LogP contribution in [0.25, 0.3) is 0 Å². The van der Waals surface area contributed by atoms with Crippen LogP contribution in [0.4, 0.5) is 4.79 Å². The van der Waals surface area contributed by atoms with Crippen LogP contribution in [0.15, 0.2) is 0 Å². The first-order valence-electron chi connectivity index (χ1n) is 6.04. The van der Waals surface area contributed by atoms with Crippen molar-refractivity contribution in [3.8, 4) is 0 Å². The normalized spacial score (nSPS) is 26.1. The van der Waals surface area contributed by atoms with E-state index in [1.807, 2.05) is 0 Å². The van der Waals surface area contributed by atoms with Crippen molar-refractivity contribution in [1.82, 2.24) is 10.2 Å². The van der Waals surface area contributed by atoms with Gasteiger partial charge >= 0.3 is 6.09 Å². The lowest BCUT2D eigenvalue weighted by atomic mass is 9.98. The Kier molecular flexibility index (Phi) is 4.21. The van der Waals surface area contributed by atoms with E-state index in [0.29, 0.717) is 6.54 Å². The number of likely N-dealkylation sites (N-methyl/N-ethyl adjacent to an activating group) is 1. The minimum atomic E-state index is -0.718. The third-order valence-corrected chi connectivity index (χ3v) is 2.85. The minimum Gasteiger partial charge on any atom is -0.444 e. The summed E-state index contributed by atoms with van der Waals surface area (Å²) in [4.78, 5) is 25.0. The van der Waals surface area contributed by atoms with Gasteiger partial charge < -0.3 is 20.1 Å². The molecule has 0 saturated carbocycles. The average molecular weight is 258 g/mol. The van der Waals surface area contributed by atoms with Crippen molar-refractivity contribution in [2.45, 2.75) is 45.4 Å². The summed E-state index contributed by atoms with van der Waals surface area (Å²) in [7, 11) is 1.65. The van der Waals surface area contributed by atoms with Gasteiger partial charge in [-0.3, -0.25) is 4.79 Å². The minimum absolute atomic E-state index is 0.202. The first-order chi connectivity index (χ1) is 8.11. The number of likely N-dealkylation sites (tertiary alicyclic amines) is 1. The summed E-state index contributed by atoms with van der Waals surface area (Å²) < 4.78 is 5.11. The van der Waals surface area contributed by atoms with E-state index < -0.39 is 23.8 Å². The predicted molar refractivity (Wildman–Crippen MR) is 66.0 cm³/mol. The molecule has 0 bridgehead atoms. The highest BCUT2D eigenvalue weighted by Crippen LogP contribution is 2.21. The Morgan fingerprint density at radius 1 is 1.56 bits per heavy atom. The Morgan fingerprint density at radius 3 is 2.56 bits per heavy atom. The van der Waals surface area contributed by atoms with Gasteiger partial charge in [0.25, 0.3) is 0 Å². The summed E-state index contributed by atoms with van der Waals surface area (Å²) >= 11 is 0. The molecule has 2 N–H and O–H groups in total. The van der Waals surface area contributed by atoms with E-state index in [1.54, 1.807) is 34.7 Å². The van der Waals surface area contributed by atoms with Crippen LogP contribution in [-0.2, 0) is 9.53 Å². The lowest BCUT2D eigenvalue weighted by Crippen LogP contribution is -2.47. The van der Waals surface area contributed by atoms with Crippen molar-refractivity contribution < 1.29 is 19.4 Å². The number of amides is 2. The van der Waals surface area contributed by atoms with Gasteiger partial charge in [0.1, 0.15) is 11.6 Å². The molecule has 1 aliphatic heterocycles. The number of carbonyl (C=O) groups excluding carboxylic acids is 2. The highest BCUT2D eigenvalue weighted by molar-refractivity contribution is 5.87. The second kappa shape index (κ2) is 5.14. The molecule has 1 fully saturated rings. The number of alkyl carbamates (subject to hydrolysis) is 1. The molecular formula is C12H22N2O4. The van der Waals surface area contributed by atoms with Crippen molar-refractivity contribution in [1.29, 1.82) is 0 Å². The van der Waals surface area contributed by atoms with Gasteiger partial charge in [-0.05, 0) is 27.7 Å². The Balaban J connectivity index is 2.69. The number of nitrogens with zero attached hydrogens (tertiary/aromatic N) is 1. The van der Waals surface area contributed by atoms with Gasteiger partial charge in [0.2, 0.25) is 5.91 Å². The maximum Gasteiger partial charge on any atom is 0.408 e. The molecule has 104 valence electrons. The number of carbonyl (C=O) groups is 2. The van der Waals surface area contributed by atoms with E-state index in [1.165, 1.54) is 4.90 Å². The summed E-state index contributed by atoms with van der Waals surface area (Å²) in [6.07, 6.45) is -1.30. The average Bonchev–Trinajstić information content (AvgIpc) is 2.43. The molecule has 0 radical (unpaired) electrons. The molecule has 1 rings (SSSR count). The number of hydrogen-bond donors (Lipinski definition) is 2. The van der Waals surface area contributed by atoms with Gasteiger partial charge in [0, 0.05) is 19.5 Å². The molecule has 1 saturated heterocycles. The van der Waals surface area contributed by atoms with Crippen LogP contribution in [0, 0.1) is 5.92 Å². The molecule has 0 aliphatic carbocycles. The summed E-state index contributed by atoms with van der Waals surface area (Å²) in [6.45, 7) is 7.29. The maximum atomic E-state index is 11.9. The van der Waals surface area contributed by atoms with Crippen LogP contribution in [0.2, 0.25) is 0 Å². The van der Waals surface area contributed by atoms with E-state index >= 15 is 0 Å². The van der Waals surface area contributed by atoms with Gasteiger partial charge in [-0.2, -0.15) is 0 Å². The fourth-order valence-electron chi connectivity index (χ4n) is 1.97. The molecule has 3 atom stereocenters. The summed E-state index contributed by atoms with van der Waals surface area (Å²) in [5.74, 6) is -0.512. The van der Waals surface area contributed by atoms with Crippen LogP contribution in [-0.4, -0.2) is 53.3 Å². The molecule has 0 spiro atoms. The zero-order chi connectivity index (χ0) is 14.1. The molecule has 1 heterocycles. The molecule has 1 aliphatic rings. The van der Waals surface area contributed by atoms with Crippen molar-refractivity contribution in [2.75, 3.05) is 13.6 Å². The smallest absolute Gasteiger partial charge is 0.408 e. The third kappa shape index (κ3) is 3.60. The number of aliphatic hydroxyl groups is 1. The number of aliphatic hydroxyl groups excluding tert-OH is 1. The van der Waals surface area contributed by atoms with Crippen LogP contribution < -0.4 is 5.32 Å². The molecule has 6 heteroatoms. The first kappa shape index (κ1) is 14.8. The summed E-state index contributed by atoms with van der Waals surface area (Å²) in [6, 6.07) is -0.718. The largest absolute Gasteiger partial charge is 0.444 e. The molecular weight excluding hydrogens is 236 g/mol. The Morgan fingerprint density at radius 2 is 2.11 bits per heavy atom. The fraction of sp³-hybridized carbons (Fsp3) is 0.833. The van der Waals surface area contributed by atoms with E-state index in [9.17, 15) is 14.7 Å². The Hall–Kier alpha value is -1.30. The van der Waals surface area contributed by atoms with Gasteiger partial charge in [-0.25, -0.2) is 4.79 Å². The molecule has 0 aromatic heterocycles. The van der Waals surface area contributed by atoms with Crippen LogP contribution in [0.5, 0.6) is 0 Å². The number of nitrogens with one attached hydrogen (secondary N) is 1. The summed E-state index contributed by atoms with van der Waals surface area (Å²) in [5, 5.41) is 12.2. The Labute approximate surface area is 107 Å². The fourth-order valence-corrected chi connectivity index (χ4v) is 1.97. The van der Waals surface area contributed by atoms with Gasteiger partial charge in [0.15, 0.2) is 0 Å². The highest BCUT2D eigenvalue weighted by Gasteiger charge is 2.42. The first-order valence-corrected chi connectivity index (χ1v) is 6.04. The number of ether oxygens (including phenoxy) is 1. The molecule has 18 heavy (non-hydrogen) atoms. The maximum absolute atomic E-state index is 11.9. The second-order valence-corrected chi connectivity index (χ2v) is 5.75. The highest BCUT2D eigenvalue weighted by atomic mass is 16.6. The second-order valence-electron chi connectivity index (χ2n) is 5.75. The van der Waals surface area contributed by atoms with Gasteiger partial charge in [-0.1, -0.05) is 0 Å². The quantitative estimate of drug-likeness (QED) is 0.749.